The van der Waals surface area contributed by atoms with E-state index in [1.165, 1.54) is 24.6 Å². The van der Waals surface area contributed by atoms with Crippen molar-refractivity contribution in [2.45, 2.75) is 77.2 Å². The number of nitrogens with one attached hydrogen (secondary N) is 2. The third kappa shape index (κ3) is 6.28. The van der Waals surface area contributed by atoms with Crippen LogP contribution in [0.1, 0.15) is 63.0 Å². The molecule has 1 spiro atoms. The molecule has 12 nitrogen and oxygen atoms in total. The maximum atomic E-state index is 13.9. The van der Waals surface area contributed by atoms with Crippen LogP contribution in [0.25, 0.3) is 0 Å². The Labute approximate surface area is 250 Å². The number of thiazole rings is 1. The van der Waals surface area contributed by atoms with Crippen LogP contribution >= 0.6 is 11.3 Å². The van der Waals surface area contributed by atoms with E-state index in [2.05, 4.69) is 15.6 Å². The molecule has 5 fully saturated rings. The number of aromatic nitrogens is 1. The van der Waals surface area contributed by atoms with Gasteiger partial charge in [0.2, 0.25) is 11.8 Å². The fraction of sp³-hybridized carbons (Fsp3) is 0.759. The Morgan fingerprint density at radius 1 is 1.17 bits per heavy atom. The van der Waals surface area contributed by atoms with Gasteiger partial charge in [-0.2, -0.15) is 0 Å². The highest BCUT2D eigenvalue weighted by molar-refractivity contribution is 7.11. The number of fused-ring (bicyclic) bond motifs is 3. The highest BCUT2D eigenvalue weighted by Gasteiger charge is 2.60. The molecule has 1 aromatic heterocycles. The van der Waals surface area contributed by atoms with Gasteiger partial charge in [0.05, 0.1) is 43.0 Å². The molecule has 0 aromatic carbocycles. The summed E-state index contributed by atoms with van der Waals surface area (Å²) in [5.41, 5.74) is 0.233. The molecule has 0 unspecified atom stereocenters. The summed E-state index contributed by atoms with van der Waals surface area (Å²) in [7, 11) is 1.53. The largest absolute Gasteiger partial charge is 0.444 e. The lowest BCUT2D eigenvalue weighted by Crippen LogP contribution is -2.65. The van der Waals surface area contributed by atoms with Crippen LogP contribution in [0, 0.1) is 16.7 Å². The van der Waals surface area contributed by atoms with Gasteiger partial charge in [-0.3, -0.25) is 19.4 Å². The molecule has 0 radical (unpaired) electrons. The van der Waals surface area contributed by atoms with E-state index >= 15 is 0 Å². The van der Waals surface area contributed by atoms with Crippen LogP contribution in [-0.2, 0) is 23.8 Å². The molecule has 1 aromatic rings. The number of carbonyl (C=O) groups is 4. The van der Waals surface area contributed by atoms with E-state index in [9.17, 15) is 19.2 Å². The number of hydrogen-bond donors (Lipinski definition) is 2. The highest BCUT2D eigenvalue weighted by atomic mass is 32.1. The van der Waals surface area contributed by atoms with Gasteiger partial charge in [-0.15, -0.1) is 11.3 Å². The Morgan fingerprint density at radius 3 is 2.43 bits per heavy atom. The van der Waals surface area contributed by atoms with Crippen LogP contribution in [-0.4, -0.2) is 109 Å². The van der Waals surface area contributed by atoms with Crippen molar-refractivity contribution in [2.75, 3.05) is 46.4 Å². The van der Waals surface area contributed by atoms with Crippen LogP contribution in [0.4, 0.5) is 4.79 Å². The molecule has 5 aliphatic rings. The molecule has 2 N–H and O–H groups in total. The van der Waals surface area contributed by atoms with E-state index in [0.717, 1.165) is 25.7 Å². The molecule has 5 heterocycles. The second kappa shape index (κ2) is 11.7. The molecular formula is C29H43N5O7S. The van der Waals surface area contributed by atoms with Gasteiger partial charge in [0.15, 0.2) is 0 Å². The summed E-state index contributed by atoms with van der Waals surface area (Å²) in [5.74, 6) is -1.54. The molecule has 2 bridgehead atoms. The number of nitrogens with zero attached hydrogens (tertiary/aromatic N) is 3. The molecule has 1 saturated carbocycles. The minimum atomic E-state index is -0.926. The fourth-order valence-corrected chi connectivity index (χ4v) is 7.24. The summed E-state index contributed by atoms with van der Waals surface area (Å²) in [5, 5.41) is 5.60. The van der Waals surface area contributed by atoms with E-state index in [1.54, 1.807) is 43.0 Å². The first-order valence-corrected chi connectivity index (χ1v) is 15.6. The molecule has 13 heteroatoms. The summed E-state index contributed by atoms with van der Waals surface area (Å²) >= 11 is 1.24. The van der Waals surface area contributed by atoms with Gasteiger partial charge in [-0.05, 0) is 53.4 Å². The predicted molar refractivity (Wildman–Crippen MR) is 154 cm³/mol. The standard InChI is InChI=1S/C29H43N5O7S/c1-18(39-15-28-8-6-19(7-9-28)40-16-28)22(24(36)30-5)32-23(35)20-11-33(25(37)21-10-31-17-42-21)12-29(20)13-34(14-29)26(38)41-27(2,3)4/h10,17-20,22H,6-9,11-16H2,1-5H3,(H,30,36)(H,32,35)/t18-,19?,20+,22+,28?/m1/s1. The number of amides is 4. The first kappa shape index (κ1) is 30.7. The van der Waals surface area contributed by atoms with E-state index in [1.807, 2.05) is 0 Å². The van der Waals surface area contributed by atoms with Crippen molar-refractivity contribution in [3.8, 4) is 0 Å². The van der Waals surface area contributed by atoms with E-state index in [4.69, 9.17) is 14.2 Å². The molecule has 232 valence electrons. The monoisotopic (exact) mass is 605 g/mol. The molecule has 6 rings (SSSR count). The molecule has 4 amide bonds. The van der Waals surface area contributed by atoms with Crippen molar-refractivity contribution in [1.82, 2.24) is 25.4 Å². The summed E-state index contributed by atoms with van der Waals surface area (Å²) in [6.45, 7) is 9.33. The smallest absolute Gasteiger partial charge is 0.410 e. The van der Waals surface area contributed by atoms with E-state index < -0.39 is 35.2 Å². The number of carbonyl (C=O) groups excluding carboxylic acids is 4. The third-order valence-corrected chi connectivity index (χ3v) is 9.89. The molecule has 3 atom stereocenters. The zero-order valence-electron chi connectivity index (χ0n) is 25.1. The van der Waals surface area contributed by atoms with Crippen LogP contribution in [0.3, 0.4) is 0 Å². The van der Waals surface area contributed by atoms with Gasteiger partial charge >= 0.3 is 6.09 Å². The average Bonchev–Trinajstić information content (AvgIpc) is 3.62. The zero-order valence-corrected chi connectivity index (χ0v) is 26.0. The Bertz CT molecular complexity index is 1160. The second-order valence-electron chi connectivity index (χ2n) is 13.4. The van der Waals surface area contributed by atoms with Gasteiger partial charge in [0.1, 0.15) is 16.5 Å². The number of likely N-dealkylation sites (N-methyl/N-ethyl adjacent to an activating group) is 1. The molecular weight excluding hydrogens is 562 g/mol. The average molecular weight is 606 g/mol. The summed E-state index contributed by atoms with van der Waals surface area (Å²) in [4.78, 5) is 60.6. The quantitative estimate of drug-likeness (QED) is 0.459. The Hall–Kier alpha value is -2.77. The topological polar surface area (TPSA) is 139 Å². The molecule has 1 aliphatic carbocycles. The lowest BCUT2D eigenvalue weighted by atomic mass is 9.71. The second-order valence-corrected chi connectivity index (χ2v) is 14.3. The van der Waals surface area contributed by atoms with E-state index in [0.29, 0.717) is 30.7 Å². The maximum absolute atomic E-state index is 13.9. The van der Waals surface area contributed by atoms with Crippen molar-refractivity contribution in [3.05, 3.63) is 16.6 Å². The molecule has 42 heavy (non-hydrogen) atoms. The first-order valence-electron chi connectivity index (χ1n) is 14.7. The van der Waals surface area contributed by atoms with Crippen molar-refractivity contribution < 1.29 is 33.4 Å². The van der Waals surface area contributed by atoms with Crippen LogP contribution < -0.4 is 10.6 Å². The Kier molecular flexibility index (Phi) is 8.56. The zero-order chi connectivity index (χ0) is 30.3. The van der Waals surface area contributed by atoms with Gasteiger partial charge in [0.25, 0.3) is 5.91 Å². The number of rotatable bonds is 8. The van der Waals surface area contributed by atoms with Crippen LogP contribution in [0.15, 0.2) is 11.7 Å². The van der Waals surface area contributed by atoms with Crippen LogP contribution in [0.5, 0.6) is 0 Å². The van der Waals surface area contributed by atoms with Gasteiger partial charge < -0.3 is 34.6 Å². The molecule has 4 aliphatic heterocycles. The third-order valence-electron chi connectivity index (χ3n) is 9.12. The normalized spacial score (nSPS) is 27.7. The minimum absolute atomic E-state index is 0.0513. The highest BCUT2D eigenvalue weighted by Crippen LogP contribution is 2.46. The SMILES string of the molecule is CNC(=O)[C@@H](NC(=O)[C@@H]1CN(C(=O)c2cncs2)CC12CN(C(=O)OC(C)(C)C)C2)[C@@H](C)OCC12CCC(CC1)OC2. The number of likely N-dealkylation sites (tertiary alicyclic amines) is 2. The van der Waals surface area contributed by atoms with Crippen molar-refractivity contribution in [1.29, 1.82) is 0 Å². The van der Waals surface area contributed by atoms with Gasteiger partial charge in [-0.25, -0.2) is 4.79 Å². The lowest BCUT2D eigenvalue weighted by Gasteiger charge is -2.50. The van der Waals surface area contributed by atoms with Crippen molar-refractivity contribution in [3.63, 3.8) is 0 Å². The lowest BCUT2D eigenvalue weighted by molar-refractivity contribution is -0.155. The summed E-state index contributed by atoms with van der Waals surface area (Å²) in [6.07, 6.45) is 4.93. The summed E-state index contributed by atoms with van der Waals surface area (Å²) < 4.78 is 17.7. The van der Waals surface area contributed by atoms with E-state index in [-0.39, 0.29) is 42.8 Å². The summed E-state index contributed by atoms with van der Waals surface area (Å²) in [6, 6.07) is -0.926. The number of ether oxygens (including phenoxy) is 3. The number of hydrogen-bond acceptors (Lipinski definition) is 9. The van der Waals surface area contributed by atoms with Crippen molar-refractivity contribution in [2.24, 2.45) is 16.7 Å². The van der Waals surface area contributed by atoms with Crippen molar-refractivity contribution >= 4 is 35.2 Å². The molecule has 4 saturated heterocycles. The Balaban J connectivity index is 1.29. The Morgan fingerprint density at radius 2 is 1.86 bits per heavy atom. The minimum Gasteiger partial charge on any atom is -0.444 e. The van der Waals surface area contributed by atoms with Crippen LogP contribution in [0.2, 0.25) is 0 Å². The van der Waals surface area contributed by atoms with Gasteiger partial charge in [-0.1, -0.05) is 0 Å². The maximum Gasteiger partial charge on any atom is 0.410 e. The predicted octanol–water partition coefficient (Wildman–Crippen LogP) is 2.05. The van der Waals surface area contributed by atoms with Gasteiger partial charge in [0, 0.05) is 44.1 Å². The fourth-order valence-electron chi connectivity index (χ4n) is 6.66. The first-order chi connectivity index (χ1) is 19.8.